The van der Waals surface area contributed by atoms with E-state index in [-0.39, 0.29) is 49.3 Å². The molecule has 0 radical (unpaired) electrons. The van der Waals surface area contributed by atoms with Gasteiger partial charge in [0, 0.05) is 24.2 Å². The van der Waals surface area contributed by atoms with Gasteiger partial charge in [-0.3, -0.25) is 0 Å². The fourth-order valence-electron chi connectivity index (χ4n) is 4.85. The lowest BCUT2D eigenvalue weighted by molar-refractivity contribution is 0.0522. The molecule has 0 saturated carbocycles. The molecule has 12 nitrogen and oxygen atoms in total. The monoisotopic (exact) mass is 646 g/mol. The van der Waals surface area contributed by atoms with Crippen LogP contribution in [0.5, 0.6) is 0 Å². The van der Waals surface area contributed by atoms with E-state index in [0.717, 1.165) is 11.1 Å². The third kappa shape index (κ3) is 7.81. The predicted molar refractivity (Wildman–Crippen MR) is 164 cm³/mol. The lowest BCUT2D eigenvalue weighted by Gasteiger charge is -2.12. The number of aryl methyl sites for hydroxylation is 6. The van der Waals surface area contributed by atoms with Gasteiger partial charge < -0.3 is 18.5 Å². The molecule has 0 unspecified atom stereocenters. The quantitative estimate of drug-likeness (QED) is 0.180. The van der Waals surface area contributed by atoms with E-state index in [9.17, 15) is 16.8 Å². The van der Waals surface area contributed by atoms with Gasteiger partial charge in [0.25, 0.3) is 0 Å². The summed E-state index contributed by atoms with van der Waals surface area (Å²) in [6.07, 6.45) is 0. The minimum atomic E-state index is -3.78. The van der Waals surface area contributed by atoms with Crippen molar-refractivity contribution in [3.63, 3.8) is 0 Å². The number of nitrogens with one attached hydrogen (secondary N) is 2. The molecule has 0 atom stereocenters. The summed E-state index contributed by atoms with van der Waals surface area (Å²) in [5.74, 6) is 1.23. The molecule has 2 heterocycles. The number of sulfonamides is 2. The first-order chi connectivity index (χ1) is 20.8. The normalized spacial score (nSPS) is 12.2. The van der Waals surface area contributed by atoms with Crippen LogP contribution in [0.1, 0.15) is 34.0 Å². The van der Waals surface area contributed by atoms with Gasteiger partial charge in [-0.2, -0.15) is 0 Å². The first kappa shape index (κ1) is 33.5. The standard InChI is InChI=1S/C30H38N4O8S2/c1-19-7-9-25(29-21(3)33-41-23(29)5)17-27(19)43(35,36)31-11-13-39-15-16-40-14-12-32-44(37,38)28-18-26(10-8-20(28)2)30-22(4)34-42-24(30)6/h7-10,17-18,31-32H,11-16H2,1-6H3. The van der Waals surface area contributed by atoms with E-state index < -0.39 is 20.0 Å². The number of hydrogen-bond donors (Lipinski definition) is 2. The highest BCUT2D eigenvalue weighted by Crippen LogP contribution is 2.31. The van der Waals surface area contributed by atoms with Crippen LogP contribution in [0.15, 0.2) is 55.2 Å². The molecule has 44 heavy (non-hydrogen) atoms. The summed E-state index contributed by atoms with van der Waals surface area (Å²) in [6.45, 7) is 11.5. The van der Waals surface area contributed by atoms with E-state index >= 15 is 0 Å². The average molecular weight is 647 g/mol. The Morgan fingerprint density at radius 3 is 1.34 bits per heavy atom. The van der Waals surface area contributed by atoms with E-state index in [1.54, 1.807) is 52.0 Å². The van der Waals surface area contributed by atoms with E-state index in [1.807, 2.05) is 26.0 Å². The van der Waals surface area contributed by atoms with Gasteiger partial charge in [0.2, 0.25) is 20.0 Å². The lowest BCUT2D eigenvalue weighted by Crippen LogP contribution is -2.29. The lowest BCUT2D eigenvalue weighted by atomic mass is 10.0. The third-order valence-corrected chi connectivity index (χ3v) is 10.3. The van der Waals surface area contributed by atoms with Crippen molar-refractivity contribution in [1.82, 2.24) is 19.8 Å². The molecular formula is C30H38N4O8S2. The maximum absolute atomic E-state index is 13.0. The maximum Gasteiger partial charge on any atom is 0.240 e. The van der Waals surface area contributed by atoms with Crippen LogP contribution in [0.4, 0.5) is 0 Å². The van der Waals surface area contributed by atoms with Gasteiger partial charge in [0.15, 0.2) is 0 Å². The molecule has 2 aromatic heterocycles. The summed E-state index contributed by atoms with van der Waals surface area (Å²) in [6, 6.07) is 10.4. The Morgan fingerprint density at radius 1 is 0.614 bits per heavy atom. The minimum absolute atomic E-state index is 0.0729. The molecule has 0 aliphatic heterocycles. The largest absolute Gasteiger partial charge is 0.378 e. The second kappa shape index (κ2) is 14.1. The molecular weight excluding hydrogens is 608 g/mol. The molecule has 0 aliphatic carbocycles. The van der Waals surface area contributed by atoms with Crippen molar-refractivity contribution in [2.45, 2.75) is 51.3 Å². The van der Waals surface area contributed by atoms with Gasteiger partial charge >= 0.3 is 0 Å². The maximum atomic E-state index is 13.0. The molecule has 2 N–H and O–H groups in total. The van der Waals surface area contributed by atoms with Gasteiger partial charge in [-0.1, -0.05) is 34.6 Å². The summed E-state index contributed by atoms with van der Waals surface area (Å²) in [4.78, 5) is 0.345. The molecule has 4 rings (SSSR count). The number of benzene rings is 2. The smallest absolute Gasteiger partial charge is 0.240 e. The molecule has 0 aliphatic rings. The Morgan fingerprint density at radius 2 is 1.00 bits per heavy atom. The zero-order chi connectivity index (χ0) is 32.1. The molecule has 0 spiro atoms. The van der Waals surface area contributed by atoms with Crippen LogP contribution >= 0.6 is 0 Å². The highest BCUT2D eigenvalue weighted by Gasteiger charge is 2.21. The molecule has 4 aromatic rings. The van der Waals surface area contributed by atoms with Crippen LogP contribution in [0.2, 0.25) is 0 Å². The number of hydrogen-bond acceptors (Lipinski definition) is 10. The number of ether oxygens (including phenoxy) is 2. The highest BCUT2D eigenvalue weighted by atomic mass is 32.2. The van der Waals surface area contributed by atoms with Gasteiger partial charge in [-0.15, -0.1) is 0 Å². The Kier molecular flexibility index (Phi) is 10.8. The van der Waals surface area contributed by atoms with Crippen LogP contribution in [0.3, 0.4) is 0 Å². The van der Waals surface area contributed by atoms with Gasteiger partial charge in [-0.05, 0) is 75.9 Å². The second-order valence-corrected chi connectivity index (χ2v) is 13.8. The summed E-state index contributed by atoms with van der Waals surface area (Å²) in [7, 11) is -7.56. The number of aromatic nitrogens is 2. The van der Waals surface area contributed by atoms with E-state index in [0.29, 0.717) is 45.2 Å². The summed E-state index contributed by atoms with van der Waals surface area (Å²) >= 11 is 0. The van der Waals surface area contributed by atoms with Crippen LogP contribution in [-0.4, -0.2) is 66.7 Å². The zero-order valence-corrected chi connectivity index (χ0v) is 27.3. The van der Waals surface area contributed by atoms with Crippen molar-refractivity contribution in [3.8, 4) is 22.3 Å². The Hall–Kier alpha value is -3.40. The zero-order valence-electron chi connectivity index (χ0n) is 25.7. The first-order valence-electron chi connectivity index (χ1n) is 14.0. The molecule has 14 heteroatoms. The molecule has 0 fully saturated rings. The first-order valence-corrected chi connectivity index (χ1v) is 17.0. The van der Waals surface area contributed by atoms with Crippen molar-refractivity contribution >= 4 is 20.0 Å². The summed E-state index contributed by atoms with van der Waals surface area (Å²) in [5, 5.41) is 7.90. The second-order valence-electron chi connectivity index (χ2n) is 10.4. The summed E-state index contributed by atoms with van der Waals surface area (Å²) < 4.78 is 78.4. The van der Waals surface area contributed by atoms with E-state index in [2.05, 4.69) is 19.8 Å². The molecule has 0 saturated heterocycles. The number of nitrogens with zero attached hydrogens (tertiary/aromatic N) is 2. The van der Waals surface area contributed by atoms with E-state index in [1.165, 1.54) is 0 Å². The predicted octanol–water partition coefficient (Wildman–Crippen LogP) is 4.14. The van der Waals surface area contributed by atoms with Crippen molar-refractivity contribution in [2.24, 2.45) is 0 Å². The minimum Gasteiger partial charge on any atom is -0.378 e. The van der Waals surface area contributed by atoms with Crippen LogP contribution < -0.4 is 9.44 Å². The van der Waals surface area contributed by atoms with Gasteiger partial charge in [0.05, 0.1) is 47.6 Å². The molecule has 0 bridgehead atoms. The molecule has 2 aromatic carbocycles. The number of rotatable bonds is 15. The molecule has 238 valence electrons. The Bertz CT molecular complexity index is 1660. The van der Waals surface area contributed by atoms with E-state index in [4.69, 9.17) is 18.5 Å². The van der Waals surface area contributed by atoms with Crippen LogP contribution in [-0.2, 0) is 29.5 Å². The average Bonchev–Trinajstić information content (AvgIpc) is 3.49. The van der Waals surface area contributed by atoms with Crippen LogP contribution in [0, 0.1) is 41.5 Å². The van der Waals surface area contributed by atoms with Crippen molar-refractivity contribution in [3.05, 3.63) is 70.4 Å². The van der Waals surface area contributed by atoms with Crippen LogP contribution in [0.25, 0.3) is 22.3 Å². The fraction of sp³-hybridized carbons (Fsp3) is 0.400. The third-order valence-electron chi connectivity index (χ3n) is 7.05. The van der Waals surface area contributed by atoms with Crippen molar-refractivity contribution in [1.29, 1.82) is 0 Å². The van der Waals surface area contributed by atoms with Crippen molar-refractivity contribution in [2.75, 3.05) is 39.5 Å². The van der Waals surface area contributed by atoms with Gasteiger partial charge in [0.1, 0.15) is 11.5 Å². The summed E-state index contributed by atoms with van der Waals surface area (Å²) in [5.41, 5.74) is 5.56. The van der Waals surface area contributed by atoms with Crippen molar-refractivity contribution < 1.29 is 35.4 Å². The van der Waals surface area contributed by atoms with Gasteiger partial charge in [-0.25, -0.2) is 26.3 Å². The fourth-order valence-corrected chi connectivity index (χ4v) is 7.42. The molecule has 0 amide bonds. The Labute approximate surface area is 258 Å². The Balaban J connectivity index is 1.18. The highest BCUT2D eigenvalue weighted by molar-refractivity contribution is 7.89. The topological polar surface area (TPSA) is 163 Å². The SMILES string of the molecule is Cc1ccc(-c2c(C)noc2C)cc1S(=O)(=O)NCCOCCOCCNS(=O)(=O)c1cc(-c2c(C)noc2C)ccc1C.